The largest absolute Gasteiger partial charge is 0.316 e. The minimum Gasteiger partial charge on any atom is -0.316 e. The van der Waals surface area contributed by atoms with Crippen LogP contribution in [0.5, 0.6) is 0 Å². The van der Waals surface area contributed by atoms with E-state index in [4.69, 9.17) is 0 Å². The zero-order valence-corrected chi connectivity index (χ0v) is 11.4. The van der Waals surface area contributed by atoms with Crippen molar-refractivity contribution < 1.29 is 0 Å². The van der Waals surface area contributed by atoms with Gasteiger partial charge in [0.15, 0.2) is 0 Å². The van der Waals surface area contributed by atoms with E-state index in [0.717, 1.165) is 12.0 Å². The van der Waals surface area contributed by atoms with Crippen LogP contribution in [0.3, 0.4) is 0 Å². The molecule has 3 atom stereocenters. The van der Waals surface area contributed by atoms with E-state index in [0.29, 0.717) is 5.41 Å². The highest BCUT2D eigenvalue weighted by Gasteiger charge is 2.40. The maximum atomic E-state index is 3.53. The predicted octanol–water partition coefficient (Wildman–Crippen LogP) is 1.01. The Labute approximate surface area is 106 Å². The van der Waals surface area contributed by atoms with E-state index in [-0.39, 0.29) is 0 Å². The van der Waals surface area contributed by atoms with Gasteiger partial charge in [-0.05, 0) is 57.3 Å². The highest BCUT2D eigenvalue weighted by molar-refractivity contribution is 4.96. The van der Waals surface area contributed by atoms with Crippen LogP contribution in [0.15, 0.2) is 0 Å². The standard InChI is InChI=1S/C14H27N3/c1-14(5-6-15-10-14)11-17-8-4-12-3-7-16(2)9-13(12)17/h12-13,15H,3-11H2,1-2H3. The Bertz CT molecular complexity index is 273. The number of nitrogens with zero attached hydrogens (tertiary/aromatic N) is 2. The summed E-state index contributed by atoms with van der Waals surface area (Å²) in [7, 11) is 2.28. The molecule has 3 heteroatoms. The first-order valence-corrected chi connectivity index (χ1v) is 7.30. The van der Waals surface area contributed by atoms with Gasteiger partial charge in [-0.15, -0.1) is 0 Å². The first-order chi connectivity index (χ1) is 8.16. The highest BCUT2D eigenvalue weighted by atomic mass is 15.3. The first-order valence-electron chi connectivity index (χ1n) is 7.30. The molecule has 0 spiro atoms. The Morgan fingerprint density at radius 1 is 1.29 bits per heavy atom. The number of likely N-dealkylation sites (N-methyl/N-ethyl adjacent to an activating group) is 1. The van der Waals surface area contributed by atoms with Gasteiger partial charge >= 0.3 is 0 Å². The molecule has 3 heterocycles. The summed E-state index contributed by atoms with van der Waals surface area (Å²) < 4.78 is 0. The Morgan fingerprint density at radius 3 is 2.88 bits per heavy atom. The van der Waals surface area contributed by atoms with Crippen molar-refractivity contribution in [3.05, 3.63) is 0 Å². The van der Waals surface area contributed by atoms with Gasteiger partial charge in [0.1, 0.15) is 0 Å². The van der Waals surface area contributed by atoms with Crippen LogP contribution in [-0.2, 0) is 0 Å². The first kappa shape index (κ1) is 11.9. The molecule has 0 aromatic rings. The fraction of sp³-hybridized carbons (Fsp3) is 1.00. The molecule has 98 valence electrons. The number of piperidine rings is 1. The van der Waals surface area contributed by atoms with Crippen LogP contribution in [-0.4, -0.2) is 62.2 Å². The van der Waals surface area contributed by atoms with Crippen LogP contribution in [0.2, 0.25) is 0 Å². The van der Waals surface area contributed by atoms with Gasteiger partial charge in [-0.3, -0.25) is 4.90 Å². The van der Waals surface area contributed by atoms with Crippen molar-refractivity contribution in [1.82, 2.24) is 15.1 Å². The molecule has 0 aromatic heterocycles. The summed E-state index contributed by atoms with van der Waals surface area (Å²) in [5.74, 6) is 0.990. The molecule has 0 aliphatic carbocycles. The average molecular weight is 237 g/mol. The van der Waals surface area contributed by atoms with Crippen LogP contribution >= 0.6 is 0 Å². The fourth-order valence-corrected chi connectivity index (χ4v) is 4.08. The van der Waals surface area contributed by atoms with Crippen LogP contribution in [0.25, 0.3) is 0 Å². The predicted molar refractivity (Wildman–Crippen MR) is 71.2 cm³/mol. The molecule has 3 fully saturated rings. The van der Waals surface area contributed by atoms with Gasteiger partial charge in [-0.1, -0.05) is 6.92 Å². The van der Waals surface area contributed by atoms with Crippen LogP contribution in [0.1, 0.15) is 26.2 Å². The third kappa shape index (κ3) is 2.38. The number of hydrogen-bond acceptors (Lipinski definition) is 3. The molecule has 3 unspecified atom stereocenters. The molecule has 0 radical (unpaired) electrons. The van der Waals surface area contributed by atoms with Crippen molar-refractivity contribution in [2.75, 3.05) is 46.3 Å². The second-order valence-electron chi connectivity index (χ2n) is 6.87. The smallest absolute Gasteiger partial charge is 0.0252 e. The van der Waals surface area contributed by atoms with Crippen LogP contribution in [0.4, 0.5) is 0 Å². The molecule has 3 aliphatic heterocycles. The molecule has 3 rings (SSSR count). The normalized spacial score (nSPS) is 44.1. The summed E-state index contributed by atoms with van der Waals surface area (Å²) in [6, 6.07) is 0.853. The van der Waals surface area contributed by atoms with E-state index in [2.05, 4.69) is 29.1 Å². The van der Waals surface area contributed by atoms with Crippen molar-refractivity contribution in [3.63, 3.8) is 0 Å². The summed E-state index contributed by atoms with van der Waals surface area (Å²) in [6.45, 7) is 10.2. The van der Waals surface area contributed by atoms with Crippen molar-refractivity contribution in [2.24, 2.45) is 11.3 Å². The lowest BCUT2D eigenvalue weighted by Gasteiger charge is -2.39. The highest BCUT2D eigenvalue weighted by Crippen LogP contribution is 2.35. The topological polar surface area (TPSA) is 18.5 Å². The quantitative estimate of drug-likeness (QED) is 0.773. The maximum Gasteiger partial charge on any atom is 0.0252 e. The number of likely N-dealkylation sites (tertiary alicyclic amines) is 2. The lowest BCUT2D eigenvalue weighted by molar-refractivity contribution is 0.0929. The number of nitrogens with one attached hydrogen (secondary N) is 1. The molecule has 0 saturated carbocycles. The van der Waals surface area contributed by atoms with Crippen molar-refractivity contribution in [2.45, 2.75) is 32.2 Å². The molecule has 3 aliphatic rings. The molecule has 3 saturated heterocycles. The third-order valence-electron chi connectivity index (χ3n) is 5.22. The van der Waals surface area contributed by atoms with Gasteiger partial charge in [-0.2, -0.15) is 0 Å². The van der Waals surface area contributed by atoms with E-state index < -0.39 is 0 Å². The number of rotatable bonds is 2. The molecular weight excluding hydrogens is 210 g/mol. The van der Waals surface area contributed by atoms with Gasteiger partial charge < -0.3 is 10.2 Å². The lowest BCUT2D eigenvalue weighted by atomic mass is 9.87. The maximum absolute atomic E-state index is 3.53. The number of fused-ring (bicyclic) bond motifs is 1. The molecular formula is C14H27N3. The zero-order chi connectivity index (χ0) is 11.9. The minimum atomic E-state index is 0.533. The summed E-state index contributed by atoms with van der Waals surface area (Å²) >= 11 is 0. The van der Waals surface area contributed by atoms with Gasteiger partial charge in [0.2, 0.25) is 0 Å². The Hall–Kier alpha value is -0.120. The Balaban J connectivity index is 1.63. The van der Waals surface area contributed by atoms with E-state index in [1.807, 2.05) is 0 Å². The SMILES string of the molecule is CN1CCC2CCN(CC3(C)CCNC3)C2C1. The molecule has 3 nitrogen and oxygen atoms in total. The fourth-order valence-electron chi connectivity index (χ4n) is 4.08. The molecule has 0 aromatic carbocycles. The third-order valence-corrected chi connectivity index (χ3v) is 5.22. The molecule has 0 amide bonds. The van der Waals surface area contributed by atoms with Crippen LogP contribution < -0.4 is 5.32 Å². The zero-order valence-electron chi connectivity index (χ0n) is 11.4. The van der Waals surface area contributed by atoms with E-state index >= 15 is 0 Å². The van der Waals surface area contributed by atoms with Gasteiger partial charge in [0.25, 0.3) is 0 Å². The van der Waals surface area contributed by atoms with Gasteiger partial charge in [-0.25, -0.2) is 0 Å². The summed E-state index contributed by atoms with van der Waals surface area (Å²) in [4.78, 5) is 5.32. The molecule has 1 N–H and O–H groups in total. The summed E-state index contributed by atoms with van der Waals surface area (Å²) in [5, 5.41) is 3.53. The van der Waals surface area contributed by atoms with E-state index in [1.54, 1.807) is 0 Å². The minimum absolute atomic E-state index is 0.533. The summed E-state index contributed by atoms with van der Waals surface area (Å²) in [6.07, 6.45) is 4.23. The lowest BCUT2D eigenvalue weighted by Crippen LogP contribution is -2.49. The van der Waals surface area contributed by atoms with E-state index in [9.17, 15) is 0 Å². The van der Waals surface area contributed by atoms with Crippen molar-refractivity contribution in [3.8, 4) is 0 Å². The molecule has 17 heavy (non-hydrogen) atoms. The summed E-state index contributed by atoms with van der Waals surface area (Å²) in [5.41, 5.74) is 0.533. The van der Waals surface area contributed by atoms with Crippen LogP contribution in [0, 0.1) is 11.3 Å². The van der Waals surface area contributed by atoms with Gasteiger partial charge in [0, 0.05) is 25.7 Å². The van der Waals surface area contributed by atoms with Crippen molar-refractivity contribution in [1.29, 1.82) is 0 Å². The molecule has 0 bridgehead atoms. The Kier molecular flexibility index (Phi) is 3.18. The number of hydrogen-bond donors (Lipinski definition) is 1. The second-order valence-corrected chi connectivity index (χ2v) is 6.87. The second kappa shape index (κ2) is 4.52. The van der Waals surface area contributed by atoms with E-state index in [1.165, 1.54) is 58.5 Å². The van der Waals surface area contributed by atoms with Gasteiger partial charge in [0.05, 0.1) is 0 Å². The Morgan fingerprint density at radius 2 is 2.12 bits per heavy atom. The van der Waals surface area contributed by atoms with Crippen molar-refractivity contribution >= 4 is 0 Å². The monoisotopic (exact) mass is 237 g/mol. The average Bonchev–Trinajstić information content (AvgIpc) is 2.87.